The zero-order chi connectivity index (χ0) is 20.8. The molecule has 3 aliphatic rings. The summed E-state index contributed by atoms with van der Waals surface area (Å²) in [6.07, 6.45) is 10.4. The van der Waals surface area contributed by atoms with Crippen molar-refractivity contribution in [2.75, 3.05) is 45.9 Å². The van der Waals surface area contributed by atoms with E-state index in [9.17, 15) is 4.79 Å². The number of carbonyl (C=O) groups excluding carboxylic acids is 1. The second kappa shape index (κ2) is 10.7. The molecule has 0 bridgehead atoms. The van der Waals surface area contributed by atoms with Crippen molar-refractivity contribution in [3.8, 4) is 0 Å². The molecule has 0 spiro atoms. The fraction of sp³-hybridized carbons (Fsp3) is 0.750. The first-order valence-electron chi connectivity index (χ1n) is 12.0. The van der Waals surface area contributed by atoms with E-state index >= 15 is 0 Å². The lowest BCUT2D eigenvalue weighted by Crippen LogP contribution is -2.53. The van der Waals surface area contributed by atoms with Crippen molar-refractivity contribution >= 4 is 5.91 Å². The first kappa shape index (κ1) is 21.7. The molecule has 30 heavy (non-hydrogen) atoms. The Labute approximate surface area is 181 Å². The summed E-state index contributed by atoms with van der Waals surface area (Å²) in [6.45, 7) is 9.92. The molecule has 1 aromatic heterocycles. The molecule has 3 aliphatic heterocycles. The van der Waals surface area contributed by atoms with Gasteiger partial charge < -0.3 is 9.64 Å². The largest absolute Gasteiger partial charge is 0.381 e. The van der Waals surface area contributed by atoms with E-state index in [-0.39, 0.29) is 5.92 Å². The van der Waals surface area contributed by atoms with Gasteiger partial charge in [-0.15, -0.1) is 0 Å². The summed E-state index contributed by atoms with van der Waals surface area (Å²) < 4.78 is 5.51. The predicted molar refractivity (Wildman–Crippen MR) is 118 cm³/mol. The van der Waals surface area contributed by atoms with Gasteiger partial charge in [0, 0.05) is 57.3 Å². The molecule has 4 rings (SSSR count). The highest BCUT2D eigenvalue weighted by atomic mass is 16.5. The third kappa shape index (κ3) is 5.40. The maximum atomic E-state index is 13.4. The van der Waals surface area contributed by atoms with E-state index in [0.29, 0.717) is 18.0 Å². The van der Waals surface area contributed by atoms with Crippen LogP contribution in [0.2, 0.25) is 0 Å². The van der Waals surface area contributed by atoms with E-state index in [0.717, 1.165) is 78.2 Å². The van der Waals surface area contributed by atoms with Gasteiger partial charge in [0.1, 0.15) is 0 Å². The van der Waals surface area contributed by atoms with E-state index in [1.54, 1.807) is 0 Å². The number of carbonyl (C=O) groups is 1. The summed E-state index contributed by atoms with van der Waals surface area (Å²) >= 11 is 0. The van der Waals surface area contributed by atoms with E-state index in [1.165, 1.54) is 18.4 Å². The lowest BCUT2D eigenvalue weighted by atomic mass is 9.92. The van der Waals surface area contributed by atoms with Gasteiger partial charge in [0.05, 0.1) is 5.92 Å². The summed E-state index contributed by atoms with van der Waals surface area (Å²) in [4.78, 5) is 24.9. The van der Waals surface area contributed by atoms with E-state index in [4.69, 9.17) is 4.74 Å². The van der Waals surface area contributed by atoms with Crippen molar-refractivity contribution in [1.82, 2.24) is 19.7 Å². The number of rotatable bonds is 6. The normalized spacial score (nSPS) is 25.3. The minimum Gasteiger partial charge on any atom is -0.381 e. The van der Waals surface area contributed by atoms with Gasteiger partial charge in [0.25, 0.3) is 0 Å². The number of nitrogens with zero attached hydrogens (tertiary/aromatic N) is 4. The summed E-state index contributed by atoms with van der Waals surface area (Å²) in [6, 6.07) is 5.19. The zero-order valence-corrected chi connectivity index (χ0v) is 18.5. The first-order valence-corrected chi connectivity index (χ1v) is 12.0. The van der Waals surface area contributed by atoms with Crippen LogP contribution < -0.4 is 0 Å². The van der Waals surface area contributed by atoms with Crippen LogP contribution in [0.25, 0.3) is 0 Å². The Morgan fingerprint density at radius 3 is 2.67 bits per heavy atom. The monoisotopic (exact) mass is 414 g/mol. The van der Waals surface area contributed by atoms with Gasteiger partial charge in [-0.1, -0.05) is 6.07 Å². The van der Waals surface area contributed by atoms with Gasteiger partial charge in [0.15, 0.2) is 0 Å². The van der Waals surface area contributed by atoms with Gasteiger partial charge in [0.2, 0.25) is 5.91 Å². The van der Waals surface area contributed by atoms with Crippen LogP contribution in [0.1, 0.15) is 51.0 Å². The van der Waals surface area contributed by atoms with Crippen LogP contribution in [0, 0.1) is 5.92 Å². The Bertz CT molecular complexity index is 656. The number of piperidine rings is 2. The summed E-state index contributed by atoms with van der Waals surface area (Å²) in [5.74, 6) is 0.568. The van der Waals surface area contributed by atoms with Crippen molar-refractivity contribution in [2.45, 2.75) is 64.1 Å². The predicted octanol–water partition coefficient (Wildman–Crippen LogP) is 2.79. The van der Waals surface area contributed by atoms with Crippen molar-refractivity contribution < 1.29 is 9.53 Å². The zero-order valence-electron chi connectivity index (χ0n) is 18.5. The van der Waals surface area contributed by atoms with Crippen LogP contribution in [-0.4, -0.2) is 83.6 Å². The van der Waals surface area contributed by atoms with Crippen LogP contribution in [-0.2, 0) is 16.1 Å². The fourth-order valence-corrected chi connectivity index (χ4v) is 5.56. The molecule has 0 unspecified atom stereocenters. The van der Waals surface area contributed by atoms with Gasteiger partial charge in [-0.2, -0.15) is 0 Å². The molecule has 6 heteroatoms. The summed E-state index contributed by atoms with van der Waals surface area (Å²) in [5.41, 5.74) is 1.30. The molecule has 3 fully saturated rings. The Morgan fingerprint density at radius 2 is 1.97 bits per heavy atom. The van der Waals surface area contributed by atoms with Crippen LogP contribution in [0.3, 0.4) is 0 Å². The molecule has 1 amide bonds. The van der Waals surface area contributed by atoms with Crippen molar-refractivity contribution in [3.05, 3.63) is 30.1 Å². The Kier molecular flexibility index (Phi) is 7.74. The third-order valence-electron chi connectivity index (χ3n) is 7.26. The topological polar surface area (TPSA) is 48.9 Å². The molecule has 0 aromatic carbocycles. The standard InChI is InChI=1S/C24H38N4O2/c1-2-28(23-9-15-30-16-10-23)24(29)21-6-4-12-27(19-21)22-7-13-26(14-8-22)18-20-5-3-11-25-17-20/h3,5,11,17,21-23H,2,4,6-10,12-16,18-19H2,1H3/t21-/m1/s1. The number of pyridine rings is 1. The van der Waals surface area contributed by atoms with Crippen molar-refractivity contribution in [2.24, 2.45) is 5.92 Å². The van der Waals surface area contributed by atoms with E-state index < -0.39 is 0 Å². The maximum Gasteiger partial charge on any atom is 0.227 e. The third-order valence-corrected chi connectivity index (χ3v) is 7.26. The molecule has 3 saturated heterocycles. The molecular formula is C24H38N4O2. The number of amides is 1. The van der Waals surface area contributed by atoms with Gasteiger partial charge >= 0.3 is 0 Å². The molecule has 0 aliphatic carbocycles. The molecule has 0 saturated carbocycles. The smallest absolute Gasteiger partial charge is 0.227 e. The van der Waals surface area contributed by atoms with Gasteiger partial charge in [-0.05, 0) is 76.7 Å². The molecular weight excluding hydrogens is 376 g/mol. The van der Waals surface area contributed by atoms with Crippen LogP contribution in [0.15, 0.2) is 24.5 Å². The van der Waals surface area contributed by atoms with E-state index in [2.05, 4.69) is 32.7 Å². The van der Waals surface area contributed by atoms with Gasteiger partial charge in [-0.3, -0.25) is 19.6 Å². The van der Waals surface area contributed by atoms with Crippen molar-refractivity contribution in [1.29, 1.82) is 0 Å². The first-order chi connectivity index (χ1) is 14.7. The Hall–Kier alpha value is -1.50. The lowest BCUT2D eigenvalue weighted by Gasteiger charge is -2.43. The molecule has 1 aromatic rings. The summed E-state index contributed by atoms with van der Waals surface area (Å²) in [5, 5.41) is 0. The number of likely N-dealkylation sites (tertiary alicyclic amines) is 2. The Balaban J connectivity index is 1.28. The molecule has 0 radical (unpaired) electrons. The molecule has 0 N–H and O–H groups in total. The SMILES string of the molecule is CCN(C(=O)[C@@H]1CCCN(C2CCN(Cc3cccnc3)CC2)C1)C1CCOCC1. The van der Waals surface area contributed by atoms with Crippen molar-refractivity contribution in [3.63, 3.8) is 0 Å². The second-order valence-corrected chi connectivity index (χ2v) is 9.17. The van der Waals surface area contributed by atoms with E-state index in [1.807, 2.05) is 18.5 Å². The highest BCUT2D eigenvalue weighted by Crippen LogP contribution is 2.27. The van der Waals surface area contributed by atoms with Gasteiger partial charge in [-0.25, -0.2) is 0 Å². The minimum absolute atomic E-state index is 0.176. The number of hydrogen-bond acceptors (Lipinski definition) is 5. The average molecular weight is 415 g/mol. The quantitative estimate of drug-likeness (QED) is 0.716. The minimum atomic E-state index is 0.176. The van der Waals surface area contributed by atoms with Crippen LogP contribution in [0.4, 0.5) is 0 Å². The van der Waals surface area contributed by atoms with Crippen LogP contribution >= 0.6 is 0 Å². The molecule has 4 heterocycles. The van der Waals surface area contributed by atoms with Crippen LogP contribution in [0.5, 0.6) is 0 Å². The highest BCUT2D eigenvalue weighted by Gasteiger charge is 2.35. The lowest BCUT2D eigenvalue weighted by molar-refractivity contribution is -0.141. The molecule has 166 valence electrons. The Morgan fingerprint density at radius 1 is 1.17 bits per heavy atom. The fourth-order valence-electron chi connectivity index (χ4n) is 5.56. The maximum absolute atomic E-state index is 13.4. The summed E-state index contributed by atoms with van der Waals surface area (Å²) in [7, 11) is 0. The average Bonchev–Trinajstić information content (AvgIpc) is 2.81. The molecule has 6 nitrogen and oxygen atoms in total. The number of hydrogen-bond donors (Lipinski definition) is 0. The highest BCUT2D eigenvalue weighted by molar-refractivity contribution is 5.79. The second-order valence-electron chi connectivity index (χ2n) is 9.17. The number of aromatic nitrogens is 1. The molecule has 1 atom stereocenters. The number of ether oxygens (including phenoxy) is 1.